The van der Waals surface area contributed by atoms with Crippen molar-refractivity contribution in [3.05, 3.63) is 21.7 Å². The summed E-state index contributed by atoms with van der Waals surface area (Å²) in [5, 5.41) is 9.87. The Hall–Kier alpha value is -1.23. The van der Waals surface area contributed by atoms with Gasteiger partial charge in [-0.15, -0.1) is 0 Å². The molecule has 1 heterocycles. The van der Waals surface area contributed by atoms with Gasteiger partial charge in [0.05, 0.1) is 5.41 Å². The summed E-state index contributed by atoms with van der Waals surface area (Å²) in [5.74, 6) is 0.662. The predicted octanol–water partition coefficient (Wildman–Crippen LogP) is 3.82. The minimum Gasteiger partial charge on any atom is -0.486 e. The molecule has 4 nitrogen and oxygen atoms in total. The first-order valence-electron chi connectivity index (χ1n) is 7.39. The highest BCUT2D eigenvalue weighted by Crippen LogP contribution is 2.48. The van der Waals surface area contributed by atoms with Gasteiger partial charge in [-0.2, -0.15) is 0 Å². The Morgan fingerprint density at radius 2 is 1.90 bits per heavy atom. The second kappa shape index (κ2) is 5.52. The minimum absolute atomic E-state index is 0.508. The number of benzene rings is 1. The largest absolute Gasteiger partial charge is 0.486 e. The summed E-state index contributed by atoms with van der Waals surface area (Å²) in [4.78, 5) is 12.0. The van der Waals surface area contributed by atoms with Gasteiger partial charge in [-0.3, -0.25) is 4.79 Å². The normalized spacial score (nSPS) is 20.1. The van der Waals surface area contributed by atoms with Gasteiger partial charge in [0.15, 0.2) is 11.5 Å². The van der Waals surface area contributed by atoms with Gasteiger partial charge in [0.2, 0.25) is 0 Å². The molecule has 0 spiro atoms. The van der Waals surface area contributed by atoms with Gasteiger partial charge < -0.3 is 14.6 Å². The van der Waals surface area contributed by atoms with Crippen LogP contribution in [-0.2, 0) is 10.2 Å². The van der Waals surface area contributed by atoms with Crippen molar-refractivity contribution in [3.63, 3.8) is 0 Å². The fourth-order valence-electron chi connectivity index (χ4n) is 3.43. The molecular weight excluding hydrogens is 336 g/mol. The summed E-state index contributed by atoms with van der Waals surface area (Å²) in [6.45, 7) is 2.98. The van der Waals surface area contributed by atoms with Crippen LogP contribution in [0.25, 0.3) is 0 Å². The zero-order valence-electron chi connectivity index (χ0n) is 12.1. The summed E-state index contributed by atoms with van der Waals surface area (Å²) in [6, 6.07) is 1.87. The molecular formula is C16H19BrO4. The third kappa shape index (κ3) is 2.31. The Morgan fingerprint density at radius 3 is 2.57 bits per heavy atom. The summed E-state index contributed by atoms with van der Waals surface area (Å²) in [6.07, 6.45) is 4.37. The van der Waals surface area contributed by atoms with E-state index in [2.05, 4.69) is 15.9 Å². The van der Waals surface area contributed by atoms with Crippen LogP contribution in [0, 0.1) is 6.92 Å². The van der Waals surface area contributed by atoms with Crippen LogP contribution in [0.4, 0.5) is 0 Å². The first kappa shape index (κ1) is 14.7. The molecule has 0 radical (unpaired) electrons. The maximum atomic E-state index is 12.0. The Balaban J connectivity index is 2.16. The molecule has 0 amide bonds. The fourth-order valence-corrected chi connectivity index (χ4v) is 4.10. The molecule has 0 aromatic heterocycles. The Labute approximate surface area is 132 Å². The highest BCUT2D eigenvalue weighted by atomic mass is 79.9. The molecule has 0 atom stereocenters. The lowest BCUT2D eigenvalue weighted by Gasteiger charge is -2.35. The van der Waals surface area contributed by atoms with Crippen molar-refractivity contribution in [1.82, 2.24) is 0 Å². The molecule has 0 unspecified atom stereocenters. The third-order valence-electron chi connectivity index (χ3n) is 4.62. The molecule has 21 heavy (non-hydrogen) atoms. The molecule has 1 saturated carbocycles. The monoisotopic (exact) mass is 354 g/mol. The van der Waals surface area contributed by atoms with Crippen LogP contribution in [0.5, 0.6) is 11.5 Å². The predicted molar refractivity (Wildman–Crippen MR) is 82.3 cm³/mol. The molecule has 0 saturated heterocycles. The lowest BCUT2D eigenvalue weighted by atomic mass is 9.69. The molecule has 5 heteroatoms. The smallest absolute Gasteiger partial charge is 0.314 e. The van der Waals surface area contributed by atoms with Gasteiger partial charge in [-0.1, -0.05) is 35.2 Å². The lowest BCUT2D eigenvalue weighted by Crippen LogP contribution is -2.38. The Bertz CT molecular complexity index is 576. The van der Waals surface area contributed by atoms with E-state index >= 15 is 0 Å². The van der Waals surface area contributed by atoms with Crippen LogP contribution >= 0.6 is 15.9 Å². The number of hydrogen-bond acceptors (Lipinski definition) is 3. The van der Waals surface area contributed by atoms with Crippen LogP contribution in [0.2, 0.25) is 0 Å². The summed E-state index contributed by atoms with van der Waals surface area (Å²) in [7, 11) is 0. The molecule has 1 fully saturated rings. The first-order chi connectivity index (χ1) is 10.1. The maximum absolute atomic E-state index is 12.0. The number of carboxylic acid groups (broad SMARTS) is 1. The molecule has 1 aromatic carbocycles. The zero-order valence-corrected chi connectivity index (χ0v) is 13.7. The molecule has 1 aliphatic carbocycles. The first-order valence-corrected chi connectivity index (χ1v) is 8.18. The van der Waals surface area contributed by atoms with Crippen LogP contribution < -0.4 is 9.47 Å². The molecule has 1 aromatic rings. The number of halogens is 1. The molecule has 1 aliphatic heterocycles. The maximum Gasteiger partial charge on any atom is 0.314 e. The van der Waals surface area contributed by atoms with Crippen LogP contribution in [-0.4, -0.2) is 24.3 Å². The highest BCUT2D eigenvalue weighted by Gasteiger charge is 2.43. The molecule has 3 rings (SSSR count). The van der Waals surface area contributed by atoms with Crippen LogP contribution in [0.3, 0.4) is 0 Å². The van der Waals surface area contributed by atoms with E-state index in [0.717, 1.165) is 40.6 Å². The van der Waals surface area contributed by atoms with E-state index in [0.29, 0.717) is 31.8 Å². The number of aliphatic carboxylic acids is 1. The van der Waals surface area contributed by atoms with E-state index in [9.17, 15) is 9.90 Å². The van der Waals surface area contributed by atoms with E-state index in [1.165, 1.54) is 0 Å². The van der Waals surface area contributed by atoms with Gasteiger partial charge in [-0.05, 0) is 31.4 Å². The number of fused-ring (bicyclic) bond motifs is 1. The second-order valence-electron chi connectivity index (χ2n) is 5.84. The quantitative estimate of drug-likeness (QED) is 0.876. The van der Waals surface area contributed by atoms with Crippen molar-refractivity contribution in [3.8, 4) is 11.5 Å². The fraction of sp³-hybridized carbons (Fsp3) is 0.562. The summed E-state index contributed by atoms with van der Waals surface area (Å²) < 4.78 is 12.2. The average molecular weight is 355 g/mol. The van der Waals surface area contributed by atoms with Crippen molar-refractivity contribution in [2.75, 3.05) is 13.2 Å². The number of rotatable bonds is 2. The van der Waals surface area contributed by atoms with E-state index in [1.54, 1.807) is 0 Å². The lowest BCUT2D eigenvalue weighted by molar-refractivity contribution is -0.145. The third-order valence-corrected chi connectivity index (χ3v) is 5.65. The average Bonchev–Trinajstić information content (AvgIpc) is 2.51. The number of hydrogen-bond donors (Lipinski definition) is 1. The van der Waals surface area contributed by atoms with Crippen LogP contribution in [0.15, 0.2) is 10.5 Å². The van der Waals surface area contributed by atoms with Crippen molar-refractivity contribution in [1.29, 1.82) is 0 Å². The SMILES string of the molecule is Cc1c(Br)c(C2(C(=O)O)CCCCC2)cc2c1OCCO2. The van der Waals surface area contributed by atoms with Gasteiger partial charge in [-0.25, -0.2) is 0 Å². The topological polar surface area (TPSA) is 55.8 Å². The Kier molecular flexibility index (Phi) is 3.86. The van der Waals surface area contributed by atoms with Crippen LogP contribution in [0.1, 0.15) is 43.2 Å². The Morgan fingerprint density at radius 1 is 1.24 bits per heavy atom. The highest BCUT2D eigenvalue weighted by molar-refractivity contribution is 9.10. The molecule has 114 valence electrons. The van der Waals surface area contributed by atoms with Gasteiger partial charge in [0.25, 0.3) is 0 Å². The van der Waals surface area contributed by atoms with Crippen molar-refractivity contribution < 1.29 is 19.4 Å². The zero-order chi connectivity index (χ0) is 15.0. The second-order valence-corrected chi connectivity index (χ2v) is 6.63. The number of ether oxygens (including phenoxy) is 2. The van der Waals surface area contributed by atoms with Gasteiger partial charge in [0.1, 0.15) is 13.2 Å². The summed E-state index contributed by atoms with van der Waals surface area (Å²) in [5.41, 5.74) is 0.947. The van der Waals surface area contributed by atoms with E-state index < -0.39 is 11.4 Å². The van der Waals surface area contributed by atoms with Gasteiger partial charge in [0, 0.05) is 10.0 Å². The molecule has 2 aliphatic rings. The number of carboxylic acids is 1. The van der Waals surface area contributed by atoms with Gasteiger partial charge >= 0.3 is 5.97 Å². The number of carbonyl (C=O) groups is 1. The van der Waals surface area contributed by atoms with Crippen molar-refractivity contribution in [2.24, 2.45) is 0 Å². The van der Waals surface area contributed by atoms with E-state index in [-0.39, 0.29) is 0 Å². The molecule has 1 N–H and O–H groups in total. The van der Waals surface area contributed by atoms with E-state index in [1.807, 2.05) is 13.0 Å². The molecule has 0 bridgehead atoms. The van der Waals surface area contributed by atoms with Crippen molar-refractivity contribution in [2.45, 2.75) is 44.4 Å². The minimum atomic E-state index is -0.808. The van der Waals surface area contributed by atoms with E-state index in [4.69, 9.17) is 9.47 Å². The summed E-state index contributed by atoms with van der Waals surface area (Å²) >= 11 is 3.60. The standard InChI is InChI=1S/C16H19BrO4/c1-10-13(17)11(9-12-14(10)21-8-7-20-12)16(15(18)19)5-3-2-4-6-16/h9H,2-8H2,1H3,(H,18,19). The van der Waals surface area contributed by atoms with Crippen molar-refractivity contribution >= 4 is 21.9 Å².